The first-order valence-corrected chi connectivity index (χ1v) is 13.1. The molecule has 0 atom stereocenters. The van der Waals surface area contributed by atoms with Crippen molar-refractivity contribution in [3.63, 3.8) is 0 Å². The Bertz CT molecular complexity index is 1210. The average Bonchev–Trinajstić information content (AvgIpc) is 2.84. The van der Waals surface area contributed by atoms with E-state index in [2.05, 4.69) is 131 Å². The number of benzene rings is 4. The summed E-state index contributed by atoms with van der Waals surface area (Å²) in [5, 5.41) is 5.32. The second kappa shape index (κ2) is 8.75. The van der Waals surface area contributed by atoms with Crippen LogP contribution in [-0.4, -0.2) is 4.98 Å². The van der Waals surface area contributed by atoms with Crippen LogP contribution in [0.4, 0.5) is 0 Å². The fourth-order valence-electron chi connectivity index (χ4n) is 4.27. The lowest BCUT2D eigenvalue weighted by molar-refractivity contribution is 1.25. The van der Waals surface area contributed by atoms with Gasteiger partial charge in [0.15, 0.2) is 0 Å². The largest absolute Gasteiger partial charge is 0.240 e. The van der Waals surface area contributed by atoms with Crippen molar-refractivity contribution in [1.82, 2.24) is 4.98 Å². The normalized spacial score (nSPS) is 11.5. The quantitative estimate of drug-likeness (QED) is 0.206. The van der Waals surface area contributed by atoms with Gasteiger partial charge in [0.05, 0.1) is 5.52 Å². The molecule has 0 N–H and O–H groups in total. The van der Waals surface area contributed by atoms with Crippen LogP contribution in [-0.2, 0) is 6.16 Å². The second-order valence-corrected chi connectivity index (χ2v) is 11.8. The van der Waals surface area contributed by atoms with Crippen molar-refractivity contribution in [2.24, 2.45) is 0 Å². The highest BCUT2D eigenvalue weighted by molar-refractivity contribution is 9.10. The summed E-state index contributed by atoms with van der Waals surface area (Å²) in [5.41, 5.74) is 2.25. The van der Waals surface area contributed by atoms with Crippen molar-refractivity contribution in [3.8, 4) is 0 Å². The molecule has 1 aromatic heterocycles. The number of aromatic nitrogens is 1. The number of hydrogen-bond donors (Lipinski definition) is 0. The van der Waals surface area contributed by atoms with E-state index in [1.54, 1.807) is 0 Å². The molecule has 0 fully saturated rings. The summed E-state index contributed by atoms with van der Waals surface area (Å²) in [5.74, 6) is 0. The number of hydrogen-bond acceptors (Lipinski definition) is 1. The van der Waals surface area contributed by atoms with Crippen molar-refractivity contribution in [2.75, 3.05) is 0 Å². The molecule has 0 aliphatic heterocycles. The Hall–Kier alpha value is -2.80. The van der Waals surface area contributed by atoms with Crippen molar-refractivity contribution >= 4 is 50.0 Å². The maximum atomic E-state index is 4.88. The minimum absolute atomic E-state index is 0.906. The lowest BCUT2D eigenvalue weighted by atomic mass is 10.2. The molecule has 0 saturated carbocycles. The summed E-state index contributed by atoms with van der Waals surface area (Å²) in [6, 6.07) is 43.6. The van der Waals surface area contributed by atoms with Crippen LogP contribution in [0, 0.1) is 0 Å². The zero-order valence-corrected chi connectivity index (χ0v) is 19.5. The van der Waals surface area contributed by atoms with Gasteiger partial charge < -0.3 is 0 Å². The van der Waals surface area contributed by atoms with Crippen LogP contribution in [0.25, 0.3) is 10.9 Å². The van der Waals surface area contributed by atoms with Crippen LogP contribution in [0.1, 0.15) is 5.56 Å². The molecule has 4 aromatic carbocycles. The molecule has 3 heteroatoms. The molecular weight excluding hydrogens is 461 g/mol. The van der Waals surface area contributed by atoms with Gasteiger partial charge in [-0.1, -0.05) is 72.8 Å². The first-order valence-electron chi connectivity index (χ1n) is 10.4. The van der Waals surface area contributed by atoms with Crippen LogP contribution in [0.2, 0.25) is 0 Å². The van der Waals surface area contributed by atoms with Gasteiger partial charge in [-0.25, -0.2) is 4.98 Å². The van der Waals surface area contributed by atoms with Gasteiger partial charge in [-0.15, -0.1) is 0 Å². The summed E-state index contributed by atoms with van der Waals surface area (Å²) < 4.78 is 0.929. The Labute approximate surface area is 192 Å². The number of rotatable bonds is 5. The molecule has 5 aromatic rings. The average molecular weight is 483 g/mol. The molecule has 5 rings (SSSR count). The lowest BCUT2D eigenvalue weighted by Crippen LogP contribution is -2.32. The Kier molecular flexibility index (Phi) is 5.68. The molecule has 0 spiro atoms. The number of pyridine rings is 1. The molecule has 150 valence electrons. The third kappa shape index (κ3) is 3.83. The van der Waals surface area contributed by atoms with E-state index in [9.17, 15) is 0 Å². The number of fused-ring (bicyclic) bond motifs is 1. The Morgan fingerprint density at radius 3 is 1.55 bits per heavy atom. The zero-order valence-electron chi connectivity index (χ0n) is 17.0. The third-order valence-corrected chi connectivity index (χ3v) is 10.8. The number of para-hydroxylation sites is 1. The SMILES string of the molecule is Brc1nc2ccccc2cc1C[P+](c1ccccc1)(c1ccccc1)c1ccccc1. The van der Waals surface area contributed by atoms with Crippen LogP contribution in [0.3, 0.4) is 0 Å². The van der Waals surface area contributed by atoms with E-state index in [-0.39, 0.29) is 0 Å². The minimum atomic E-state index is -1.95. The second-order valence-electron chi connectivity index (χ2n) is 7.61. The highest BCUT2D eigenvalue weighted by Gasteiger charge is 2.45. The van der Waals surface area contributed by atoms with Gasteiger partial charge in [0.2, 0.25) is 0 Å². The van der Waals surface area contributed by atoms with E-state index in [4.69, 9.17) is 4.98 Å². The van der Waals surface area contributed by atoms with E-state index in [1.807, 2.05) is 6.07 Å². The van der Waals surface area contributed by atoms with Gasteiger partial charge >= 0.3 is 0 Å². The molecule has 0 unspecified atom stereocenters. The van der Waals surface area contributed by atoms with Gasteiger partial charge in [0.25, 0.3) is 0 Å². The summed E-state index contributed by atoms with van der Waals surface area (Å²) in [6.45, 7) is 0. The Balaban J connectivity index is 1.79. The smallest absolute Gasteiger partial charge is 0.116 e. The molecule has 0 saturated heterocycles. The van der Waals surface area contributed by atoms with Crippen LogP contribution in [0.15, 0.2) is 126 Å². The highest BCUT2D eigenvalue weighted by Crippen LogP contribution is 2.58. The standard InChI is InChI=1S/C28H22BrNP/c29-28-23(20-22-12-10-11-19-27(22)30-28)21-31(24-13-4-1-5-14-24,25-15-6-2-7-16-25)26-17-8-3-9-18-26/h1-20H,21H2/q+1. The molecule has 0 radical (unpaired) electrons. The van der Waals surface area contributed by atoms with Crippen molar-refractivity contribution < 1.29 is 0 Å². The molecule has 0 aliphatic rings. The van der Waals surface area contributed by atoms with Crippen molar-refractivity contribution in [1.29, 1.82) is 0 Å². The topological polar surface area (TPSA) is 12.9 Å². The van der Waals surface area contributed by atoms with E-state index < -0.39 is 7.26 Å². The van der Waals surface area contributed by atoms with E-state index in [1.165, 1.54) is 26.9 Å². The maximum absolute atomic E-state index is 4.88. The first-order chi connectivity index (χ1) is 15.3. The molecular formula is C28H22BrNP+. The Morgan fingerprint density at radius 2 is 1.03 bits per heavy atom. The van der Waals surface area contributed by atoms with Crippen LogP contribution in [0.5, 0.6) is 0 Å². The van der Waals surface area contributed by atoms with E-state index in [0.717, 1.165) is 16.3 Å². The predicted molar refractivity (Wildman–Crippen MR) is 138 cm³/mol. The molecule has 31 heavy (non-hydrogen) atoms. The molecule has 1 nitrogen and oxygen atoms in total. The van der Waals surface area contributed by atoms with Crippen molar-refractivity contribution in [3.05, 3.63) is 131 Å². The molecule has 1 heterocycles. The molecule has 0 bridgehead atoms. The summed E-state index contributed by atoms with van der Waals surface area (Å²) in [7, 11) is -1.95. The molecule has 0 aliphatic carbocycles. The summed E-state index contributed by atoms with van der Waals surface area (Å²) in [6.07, 6.45) is 0.906. The van der Waals surface area contributed by atoms with Gasteiger partial charge in [0, 0.05) is 10.9 Å². The van der Waals surface area contributed by atoms with Gasteiger partial charge in [-0.05, 0) is 64.5 Å². The van der Waals surface area contributed by atoms with Crippen molar-refractivity contribution in [2.45, 2.75) is 6.16 Å². The van der Waals surface area contributed by atoms with Gasteiger partial charge in [-0.2, -0.15) is 0 Å². The highest BCUT2D eigenvalue weighted by atomic mass is 79.9. The first kappa shape index (κ1) is 20.1. The Morgan fingerprint density at radius 1 is 0.581 bits per heavy atom. The van der Waals surface area contributed by atoms with E-state index in [0.29, 0.717) is 0 Å². The number of nitrogens with zero attached hydrogens (tertiary/aromatic N) is 1. The van der Waals surface area contributed by atoms with Crippen LogP contribution >= 0.6 is 23.2 Å². The predicted octanol–water partition coefficient (Wildman–Crippen LogP) is 6.49. The monoisotopic (exact) mass is 482 g/mol. The third-order valence-electron chi connectivity index (χ3n) is 5.75. The maximum Gasteiger partial charge on any atom is 0.116 e. The fraction of sp³-hybridized carbons (Fsp3) is 0.0357. The van der Waals surface area contributed by atoms with Gasteiger partial charge in [0.1, 0.15) is 33.9 Å². The van der Waals surface area contributed by atoms with Gasteiger partial charge in [-0.3, -0.25) is 0 Å². The minimum Gasteiger partial charge on any atom is -0.240 e. The van der Waals surface area contributed by atoms with E-state index >= 15 is 0 Å². The summed E-state index contributed by atoms with van der Waals surface area (Å²) >= 11 is 3.79. The summed E-state index contributed by atoms with van der Waals surface area (Å²) in [4.78, 5) is 4.88. The number of halogens is 1. The fourth-order valence-corrected chi connectivity index (χ4v) is 9.17. The van der Waals surface area contributed by atoms with Crippen LogP contribution < -0.4 is 15.9 Å². The zero-order chi connectivity index (χ0) is 21.1. The lowest BCUT2D eigenvalue weighted by Gasteiger charge is -2.28. The molecule has 0 amide bonds.